The van der Waals surface area contributed by atoms with Crippen molar-refractivity contribution in [1.82, 2.24) is 25.5 Å². The van der Waals surface area contributed by atoms with Crippen molar-refractivity contribution in [2.24, 2.45) is 0 Å². The molecule has 3 rings (SSSR count). The number of benzene rings is 1. The van der Waals surface area contributed by atoms with Gasteiger partial charge in [0, 0.05) is 17.8 Å². The maximum absolute atomic E-state index is 12.6. The Labute approximate surface area is 148 Å². The molecule has 2 aromatic rings. The van der Waals surface area contributed by atoms with Crippen molar-refractivity contribution in [2.45, 2.75) is 6.92 Å². The Balaban J connectivity index is 1.96. The van der Waals surface area contributed by atoms with E-state index in [9.17, 15) is 9.59 Å². The Bertz CT molecular complexity index is 862. The number of ether oxygens (including phenoxy) is 1. The van der Waals surface area contributed by atoms with Gasteiger partial charge in [0.25, 0.3) is 5.91 Å². The van der Waals surface area contributed by atoms with Crippen LogP contribution in [0.1, 0.15) is 5.56 Å². The first-order chi connectivity index (χ1) is 12.5. The van der Waals surface area contributed by atoms with Gasteiger partial charge in [-0.15, -0.1) is 10.2 Å². The number of H-pyrrole nitrogens is 1. The van der Waals surface area contributed by atoms with E-state index < -0.39 is 5.97 Å². The minimum absolute atomic E-state index is 0.0813. The number of aliphatic hydroxyl groups is 1. The topological polar surface area (TPSA) is 133 Å². The molecule has 10 heteroatoms. The maximum atomic E-state index is 12.6. The summed E-state index contributed by atoms with van der Waals surface area (Å²) >= 11 is 0. The van der Waals surface area contributed by atoms with E-state index in [0.29, 0.717) is 17.1 Å². The number of aromatic amines is 1. The molecule has 136 valence electrons. The second-order valence-corrected chi connectivity index (χ2v) is 5.69. The number of nitrogens with one attached hydrogen (secondary N) is 2. The van der Waals surface area contributed by atoms with Crippen LogP contribution in [0.15, 0.2) is 29.5 Å². The van der Waals surface area contributed by atoms with Crippen LogP contribution in [-0.2, 0) is 14.3 Å². The molecule has 0 saturated heterocycles. The highest BCUT2D eigenvalue weighted by Crippen LogP contribution is 2.27. The number of rotatable bonds is 6. The third-order valence-corrected chi connectivity index (χ3v) is 4.05. The summed E-state index contributed by atoms with van der Waals surface area (Å²) in [6, 6.07) is 5.44. The second-order valence-electron chi connectivity index (χ2n) is 5.69. The fraction of sp³-hybridized carbons (Fsp3) is 0.312. The van der Waals surface area contributed by atoms with Crippen molar-refractivity contribution >= 4 is 17.6 Å². The standard InChI is InChI=1S/C16H18N6O4/c1-9-3-4-10(14-18-20-21-19-14)7-12(9)17-13-11(16(25)26-2)8-22(5-6-23)15(13)24/h3-4,7,17,23H,5-6,8H2,1-2H3,(H,18,19,20,21). The van der Waals surface area contributed by atoms with E-state index in [2.05, 4.69) is 25.9 Å². The molecule has 0 bridgehead atoms. The first-order valence-corrected chi connectivity index (χ1v) is 7.88. The first-order valence-electron chi connectivity index (χ1n) is 7.88. The van der Waals surface area contributed by atoms with Gasteiger partial charge in [0.1, 0.15) is 5.70 Å². The average molecular weight is 358 g/mol. The lowest BCUT2D eigenvalue weighted by Gasteiger charge is -2.15. The minimum atomic E-state index is -0.590. The number of anilines is 1. The summed E-state index contributed by atoms with van der Waals surface area (Å²) in [7, 11) is 1.26. The molecule has 26 heavy (non-hydrogen) atoms. The van der Waals surface area contributed by atoms with E-state index in [-0.39, 0.29) is 36.9 Å². The number of aryl methyl sites for hydroxylation is 1. The Morgan fingerprint density at radius 2 is 2.27 bits per heavy atom. The zero-order valence-electron chi connectivity index (χ0n) is 14.3. The Hall–Kier alpha value is -3.27. The van der Waals surface area contributed by atoms with E-state index in [1.54, 1.807) is 6.07 Å². The van der Waals surface area contributed by atoms with E-state index in [1.807, 2.05) is 19.1 Å². The minimum Gasteiger partial charge on any atom is -0.466 e. The number of amides is 1. The predicted molar refractivity (Wildman–Crippen MR) is 90.7 cm³/mol. The van der Waals surface area contributed by atoms with Crippen LogP contribution in [0.25, 0.3) is 11.4 Å². The third-order valence-electron chi connectivity index (χ3n) is 4.05. The second kappa shape index (κ2) is 7.31. The number of β-amino-alcohol motifs (C(OH)–C–C–N with tert-alkyl or cyclic N) is 1. The number of methoxy groups -OCH3 is 1. The Morgan fingerprint density at radius 3 is 2.92 bits per heavy atom. The van der Waals surface area contributed by atoms with Crippen LogP contribution < -0.4 is 5.32 Å². The van der Waals surface area contributed by atoms with Gasteiger partial charge in [-0.05, 0) is 23.8 Å². The summed E-state index contributed by atoms with van der Waals surface area (Å²) in [6.07, 6.45) is 0. The fourth-order valence-electron chi connectivity index (χ4n) is 2.66. The zero-order valence-corrected chi connectivity index (χ0v) is 14.3. The Kier molecular flexibility index (Phi) is 4.94. The SMILES string of the molecule is COC(=O)C1=C(Nc2cc(-c3nn[nH]n3)ccc2C)C(=O)N(CCO)C1. The van der Waals surface area contributed by atoms with Crippen molar-refractivity contribution < 1.29 is 19.4 Å². The largest absolute Gasteiger partial charge is 0.466 e. The number of carbonyl (C=O) groups is 2. The molecule has 1 aliphatic heterocycles. The highest BCUT2D eigenvalue weighted by Gasteiger charge is 2.34. The van der Waals surface area contributed by atoms with Crippen LogP contribution in [0.2, 0.25) is 0 Å². The van der Waals surface area contributed by atoms with Crippen LogP contribution in [0, 0.1) is 6.92 Å². The molecule has 0 spiro atoms. The normalized spacial score (nSPS) is 14.1. The lowest BCUT2D eigenvalue weighted by molar-refractivity contribution is -0.136. The lowest BCUT2D eigenvalue weighted by Crippen LogP contribution is -2.31. The van der Waals surface area contributed by atoms with Crippen LogP contribution in [-0.4, -0.2) is 69.3 Å². The smallest absolute Gasteiger partial charge is 0.337 e. The van der Waals surface area contributed by atoms with Gasteiger partial charge in [-0.1, -0.05) is 12.1 Å². The van der Waals surface area contributed by atoms with Gasteiger partial charge < -0.3 is 20.1 Å². The van der Waals surface area contributed by atoms with Crippen LogP contribution in [0.4, 0.5) is 5.69 Å². The summed E-state index contributed by atoms with van der Waals surface area (Å²) in [5.74, 6) is -0.549. The van der Waals surface area contributed by atoms with Gasteiger partial charge in [0.2, 0.25) is 5.82 Å². The lowest BCUT2D eigenvalue weighted by atomic mass is 10.1. The number of tetrazole rings is 1. The summed E-state index contributed by atoms with van der Waals surface area (Å²) < 4.78 is 4.78. The van der Waals surface area contributed by atoms with Gasteiger partial charge in [-0.3, -0.25) is 4.79 Å². The van der Waals surface area contributed by atoms with E-state index in [0.717, 1.165) is 5.56 Å². The monoisotopic (exact) mass is 358 g/mol. The van der Waals surface area contributed by atoms with Gasteiger partial charge in [-0.25, -0.2) is 4.79 Å². The predicted octanol–water partition coefficient (Wildman–Crippen LogP) is -0.151. The molecule has 0 radical (unpaired) electrons. The van der Waals surface area contributed by atoms with Gasteiger partial charge in [-0.2, -0.15) is 5.21 Å². The summed E-state index contributed by atoms with van der Waals surface area (Å²) in [4.78, 5) is 26.0. The van der Waals surface area contributed by atoms with Crippen LogP contribution in [0.5, 0.6) is 0 Å². The molecule has 0 atom stereocenters. The number of esters is 1. The van der Waals surface area contributed by atoms with Crippen molar-refractivity contribution in [3.05, 3.63) is 35.0 Å². The maximum Gasteiger partial charge on any atom is 0.337 e. The number of hydrogen-bond donors (Lipinski definition) is 3. The third kappa shape index (κ3) is 3.26. The van der Waals surface area contributed by atoms with Crippen molar-refractivity contribution in [2.75, 3.05) is 32.1 Å². The van der Waals surface area contributed by atoms with E-state index in [1.165, 1.54) is 12.0 Å². The van der Waals surface area contributed by atoms with Crippen LogP contribution >= 0.6 is 0 Å². The summed E-state index contributed by atoms with van der Waals surface area (Å²) in [6.45, 7) is 1.88. The summed E-state index contributed by atoms with van der Waals surface area (Å²) in [5, 5.41) is 25.9. The molecule has 1 amide bonds. The van der Waals surface area contributed by atoms with Crippen molar-refractivity contribution in [3.8, 4) is 11.4 Å². The Morgan fingerprint density at radius 1 is 1.46 bits per heavy atom. The van der Waals surface area contributed by atoms with Crippen molar-refractivity contribution in [3.63, 3.8) is 0 Å². The number of aliphatic hydroxyl groups excluding tert-OH is 1. The van der Waals surface area contributed by atoms with E-state index in [4.69, 9.17) is 9.84 Å². The van der Waals surface area contributed by atoms with Crippen molar-refractivity contribution in [1.29, 1.82) is 0 Å². The molecule has 0 aliphatic carbocycles. The molecule has 2 heterocycles. The molecule has 0 saturated carbocycles. The van der Waals surface area contributed by atoms with E-state index >= 15 is 0 Å². The van der Waals surface area contributed by atoms with Gasteiger partial charge >= 0.3 is 5.97 Å². The molecule has 0 fully saturated rings. The molecule has 10 nitrogen and oxygen atoms in total. The molecule has 3 N–H and O–H groups in total. The molecule has 1 aromatic heterocycles. The molecular formula is C16H18N6O4. The molecule has 0 unspecified atom stereocenters. The molecular weight excluding hydrogens is 340 g/mol. The molecule has 1 aliphatic rings. The highest BCUT2D eigenvalue weighted by atomic mass is 16.5. The van der Waals surface area contributed by atoms with Crippen LogP contribution in [0.3, 0.4) is 0 Å². The molecule has 1 aromatic carbocycles. The quantitative estimate of drug-likeness (QED) is 0.607. The first kappa shape index (κ1) is 17.5. The number of carbonyl (C=O) groups excluding carboxylic acids is 2. The number of nitrogens with zero attached hydrogens (tertiary/aromatic N) is 4. The highest BCUT2D eigenvalue weighted by molar-refractivity contribution is 6.08. The van der Waals surface area contributed by atoms with Gasteiger partial charge in [0.15, 0.2) is 0 Å². The number of aromatic nitrogens is 4. The average Bonchev–Trinajstić information content (AvgIpc) is 3.27. The summed E-state index contributed by atoms with van der Waals surface area (Å²) in [5.41, 5.74) is 2.55. The fourth-order valence-corrected chi connectivity index (χ4v) is 2.66. The number of hydrogen-bond acceptors (Lipinski definition) is 8. The zero-order chi connectivity index (χ0) is 18.7. The van der Waals surface area contributed by atoms with Gasteiger partial charge in [0.05, 0.1) is 25.8 Å².